The number of carbonyl (C=O) groups is 2. The van der Waals surface area contributed by atoms with E-state index in [9.17, 15) is 9.59 Å². The van der Waals surface area contributed by atoms with Crippen LogP contribution in [0.15, 0.2) is 78.9 Å². The monoisotopic (exact) mass is 416 g/mol. The molecule has 31 heavy (non-hydrogen) atoms. The van der Waals surface area contributed by atoms with Crippen LogP contribution < -0.4 is 10.5 Å². The van der Waals surface area contributed by atoms with Crippen molar-refractivity contribution in [2.45, 2.75) is 19.1 Å². The molecular formula is C25H24N2O4. The van der Waals surface area contributed by atoms with Crippen molar-refractivity contribution in [1.29, 1.82) is 0 Å². The molecule has 2 amide bonds. The van der Waals surface area contributed by atoms with Crippen LogP contribution in [0.1, 0.15) is 39.3 Å². The van der Waals surface area contributed by atoms with Crippen LogP contribution in [0.5, 0.6) is 11.5 Å². The molecule has 6 heteroatoms. The number of nitrogens with two attached hydrogens (primary N) is 1. The summed E-state index contributed by atoms with van der Waals surface area (Å²) >= 11 is 0. The standard InChI is InChI=1S/C25H24N2O4/c1-17-15-27(16-23(30-17)18-5-3-2-4-6-18)25(29)20-9-13-22(14-10-20)31-21-11-7-19(8-12-21)24(26)28/h2-14,17,23H,15-16H2,1H3,(H2,26,28). The Hall–Kier alpha value is -3.64. The lowest BCUT2D eigenvalue weighted by atomic mass is 10.1. The molecule has 2 atom stereocenters. The number of carbonyl (C=O) groups excluding carboxylic acids is 2. The molecule has 0 saturated carbocycles. The Balaban J connectivity index is 1.43. The summed E-state index contributed by atoms with van der Waals surface area (Å²) in [6, 6.07) is 23.6. The van der Waals surface area contributed by atoms with E-state index in [-0.39, 0.29) is 18.1 Å². The van der Waals surface area contributed by atoms with Crippen LogP contribution in [-0.4, -0.2) is 35.9 Å². The van der Waals surface area contributed by atoms with Crippen LogP contribution in [0.3, 0.4) is 0 Å². The Labute approximate surface area is 181 Å². The lowest BCUT2D eigenvalue weighted by Gasteiger charge is -2.37. The van der Waals surface area contributed by atoms with E-state index in [1.165, 1.54) is 0 Å². The van der Waals surface area contributed by atoms with Crippen LogP contribution in [0.2, 0.25) is 0 Å². The average Bonchev–Trinajstić information content (AvgIpc) is 2.79. The third-order valence-corrected chi connectivity index (χ3v) is 5.19. The number of primary amides is 1. The van der Waals surface area contributed by atoms with Gasteiger partial charge in [-0.25, -0.2) is 0 Å². The number of benzene rings is 3. The van der Waals surface area contributed by atoms with E-state index >= 15 is 0 Å². The number of amides is 2. The zero-order valence-corrected chi connectivity index (χ0v) is 17.2. The van der Waals surface area contributed by atoms with Crippen molar-refractivity contribution < 1.29 is 19.1 Å². The lowest BCUT2D eigenvalue weighted by molar-refractivity contribution is -0.0691. The fourth-order valence-corrected chi connectivity index (χ4v) is 3.64. The molecule has 6 nitrogen and oxygen atoms in total. The first-order valence-corrected chi connectivity index (χ1v) is 10.2. The number of ether oxygens (including phenoxy) is 2. The molecule has 2 N–H and O–H groups in total. The van der Waals surface area contributed by atoms with Gasteiger partial charge in [0.05, 0.1) is 12.6 Å². The third-order valence-electron chi connectivity index (χ3n) is 5.19. The van der Waals surface area contributed by atoms with Crippen LogP contribution in [0, 0.1) is 0 Å². The van der Waals surface area contributed by atoms with Gasteiger partial charge < -0.3 is 20.1 Å². The number of morpholine rings is 1. The van der Waals surface area contributed by atoms with Crippen molar-refractivity contribution in [2.75, 3.05) is 13.1 Å². The maximum atomic E-state index is 13.1. The van der Waals surface area contributed by atoms with Gasteiger partial charge in [-0.05, 0) is 61.0 Å². The zero-order valence-electron chi connectivity index (χ0n) is 17.2. The molecule has 1 aliphatic rings. The van der Waals surface area contributed by atoms with E-state index in [4.69, 9.17) is 15.2 Å². The third kappa shape index (κ3) is 4.92. The van der Waals surface area contributed by atoms with Gasteiger partial charge in [0.25, 0.3) is 5.91 Å². The number of rotatable bonds is 5. The van der Waals surface area contributed by atoms with Gasteiger partial charge in [-0.3, -0.25) is 9.59 Å². The molecule has 0 aromatic heterocycles. The summed E-state index contributed by atoms with van der Waals surface area (Å²) < 4.78 is 11.8. The second kappa shape index (κ2) is 9.02. The highest BCUT2D eigenvalue weighted by Gasteiger charge is 2.29. The molecule has 0 bridgehead atoms. The molecule has 158 valence electrons. The second-order valence-corrected chi connectivity index (χ2v) is 7.57. The van der Waals surface area contributed by atoms with Gasteiger partial charge in [0.2, 0.25) is 5.91 Å². The molecule has 1 fully saturated rings. The lowest BCUT2D eigenvalue weighted by Crippen LogP contribution is -2.45. The zero-order chi connectivity index (χ0) is 21.8. The fourth-order valence-electron chi connectivity index (χ4n) is 3.64. The smallest absolute Gasteiger partial charge is 0.254 e. The van der Waals surface area contributed by atoms with Crippen LogP contribution in [-0.2, 0) is 4.74 Å². The van der Waals surface area contributed by atoms with Crippen molar-refractivity contribution in [3.05, 3.63) is 95.6 Å². The number of hydrogen-bond acceptors (Lipinski definition) is 4. The molecular weight excluding hydrogens is 392 g/mol. The van der Waals surface area contributed by atoms with Crippen molar-refractivity contribution in [1.82, 2.24) is 4.90 Å². The maximum Gasteiger partial charge on any atom is 0.254 e. The molecule has 3 aromatic carbocycles. The fraction of sp³-hybridized carbons (Fsp3) is 0.200. The van der Waals surface area contributed by atoms with E-state index in [0.717, 1.165) is 5.56 Å². The van der Waals surface area contributed by atoms with Gasteiger partial charge in [-0.15, -0.1) is 0 Å². The first kappa shape index (κ1) is 20.6. The molecule has 2 unspecified atom stereocenters. The Morgan fingerprint density at radius 2 is 1.45 bits per heavy atom. The Kier molecular flexibility index (Phi) is 6.00. The second-order valence-electron chi connectivity index (χ2n) is 7.57. The predicted octanol–water partition coefficient (Wildman–Crippen LogP) is 4.18. The van der Waals surface area contributed by atoms with E-state index in [2.05, 4.69) is 0 Å². The summed E-state index contributed by atoms with van der Waals surface area (Å²) in [6.07, 6.45) is -0.186. The van der Waals surface area contributed by atoms with Gasteiger partial charge in [0.15, 0.2) is 0 Å². The predicted molar refractivity (Wildman–Crippen MR) is 117 cm³/mol. The number of hydrogen-bond donors (Lipinski definition) is 1. The first-order valence-electron chi connectivity index (χ1n) is 10.2. The maximum absolute atomic E-state index is 13.1. The molecule has 0 radical (unpaired) electrons. The Morgan fingerprint density at radius 1 is 0.871 bits per heavy atom. The van der Waals surface area contributed by atoms with Gasteiger partial charge >= 0.3 is 0 Å². The van der Waals surface area contributed by atoms with Crippen LogP contribution >= 0.6 is 0 Å². The van der Waals surface area contributed by atoms with E-state index in [1.54, 1.807) is 48.5 Å². The molecule has 4 rings (SSSR count). The first-order chi connectivity index (χ1) is 15.0. The molecule has 3 aromatic rings. The van der Waals surface area contributed by atoms with Crippen molar-refractivity contribution in [3.8, 4) is 11.5 Å². The number of nitrogens with zero attached hydrogens (tertiary/aromatic N) is 1. The minimum Gasteiger partial charge on any atom is -0.457 e. The highest BCUT2D eigenvalue weighted by atomic mass is 16.5. The normalized spacial score (nSPS) is 18.4. The summed E-state index contributed by atoms with van der Waals surface area (Å²) in [5, 5.41) is 0. The SMILES string of the molecule is CC1CN(C(=O)c2ccc(Oc3ccc(C(N)=O)cc3)cc2)CC(c2ccccc2)O1. The summed E-state index contributed by atoms with van der Waals surface area (Å²) in [7, 11) is 0. The van der Waals surface area contributed by atoms with Crippen molar-refractivity contribution >= 4 is 11.8 Å². The largest absolute Gasteiger partial charge is 0.457 e. The van der Waals surface area contributed by atoms with Crippen molar-refractivity contribution in [3.63, 3.8) is 0 Å². The highest BCUT2D eigenvalue weighted by molar-refractivity contribution is 5.94. The summed E-state index contributed by atoms with van der Waals surface area (Å²) in [5.41, 5.74) is 7.33. The summed E-state index contributed by atoms with van der Waals surface area (Å²) in [4.78, 5) is 26.1. The van der Waals surface area contributed by atoms with Gasteiger partial charge in [-0.1, -0.05) is 30.3 Å². The molecule has 0 spiro atoms. The van der Waals surface area contributed by atoms with Crippen LogP contribution in [0.25, 0.3) is 0 Å². The Morgan fingerprint density at radius 3 is 2.03 bits per heavy atom. The quantitative estimate of drug-likeness (QED) is 0.676. The Bertz CT molecular complexity index is 1050. The topological polar surface area (TPSA) is 81.9 Å². The molecule has 1 saturated heterocycles. The average molecular weight is 416 g/mol. The molecule has 1 aliphatic heterocycles. The van der Waals surface area contributed by atoms with E-state index in [0.29, 0.717) is 35.7 Å². The van der Waals surface area contributed by atoms with E-state index < -0.39 is 5.91 Å². The van der Waals surface area contributed by atoms with E-state index in [1.807, 2.05) is 42.2 Å². The van der Waals surface area contributed by atoms with Gasteiger partial charge in [0, 0.05) is 17.7 Å². The minimum absolute atomic E-state index is 0.0338. The summed E-state index contributed by atoms with van der Waals surface area (Å²) in [6.45, 7) is 3.04. The minimum atomic E-state index is -0.485. The van der Waals surface area contributed by atoms with Gasteiger partial charge in [-0.2, -0.15) is 0 Å². The van der Waals surface area contributed by atoms with Gasteiger partial charge in [0.1, 0.15) is 17.6 Å². The molecule has 1 heterocycles. The van der Waals surface area contributed by atoms with Crippen molar-refractivity contribution in [2.24, 2.45) is 5.73 Å². The molecule has 0 aliphatic carbocycles. The van der Waals surface area contributed by atoms with Crippen LogP contribution in [0.4, 0.5) is 0 Å². The highest BCUT2D eigenvalue weighted by Crippen LogP contribution is 2.27. The summed E-state index contributed by atoms with van der Waals surface area (Å²) in [5.74, 6) is 0.660.